The Bertz CT molecular complexity index is 2070. The molecule has 10 nitrogen and oxygen atoms in total. The number of nitrogens with zero attached hydrogens (tertiary/aromatic N) is 6. The van der Waals surface area contributed by atoms with Crippen molar-refractivity contribution in [3.05, 3.63) is 82.4 Å². The zero-order valence-corrected chi connectivity index (χ0v) is 25.7. The summed E-state index contributed by atoms with van der Waals surface area (Å²) in [4.78, 5) is 41.7. The fraction of sp³-hybridized carbons (Fsp3) is 0.300. The highest BCUT2D eigenvalue weighted by molar-refractivity contribution is 7.90. The summed E-state index contributed by atoms with van der Waals surface area (Å²) in [6, 6.07) is 3.23. The minimum Gasteiger partial charge on any atom is -0.347 e. The maximum atomic E-state index is 16.0. The van der Waals surface area contributed by atoms with E-state index in [4.69, 9.17) is 0 Å². The van der Waals surface area contributed by atoms with Crippen molar-refractivity contribution in [1.82, 2.24) is 24.4 Å². The Labute approximate surface area is 259 Å². The van der Waals surface area contributed by atoms with Gasteiger partial charge in [-0.3, -0.25) is 4.79 Å². The lowest BCUT2D eigenvalue weighted by molar-refractivity contribution is -0.137. The minimum atomic E-state index is -5.11. The van der Waals surface area contributed by atoms with Crippen molar-refractivity contribution in [2.24, 2.45) is 0 Å². The SMILES string of the molecule is C=CC(=O)N1C[C@H](C)N(c2nc(=O)n(-c3c(C)ccnc3S(C)(=O)=O)c3nc(-c4c(F)cccc4C(F)(F)F)c(F)cc23)[C@@H](C)C1. The molecule has 0 bridgehead atoms. The molecule has 0 spiro atoms. The molecule has 0 radical (unpaired) electrons. The number of carbonyl (C=O) groups is 1. The molecule has 4 heterocycles. The number of sulfone groups is 1. The van der Waals surface area contributed by atoms with Crippen LogP contribution in [0.5, 0.6) is 0 Å². The number of pyridine rings is 2. The van der Waals surface area contributed by atoms with Gasteiger partial charge in [-0.25, -0.2) is 36.5 Å². The number of fused-ring (bicyclic) bond motifs is 1. The van der Waals surface area contributed by atoms with Gasteiger partial charge in [0.25, 0.3) is 0 Å². The highest BCUT2D eigenvalue weighted by atomic mass is 32.2. The number of halogens is 5. The summed E-state index contributed by atoms with van der Waals surface area (Å²) in [5.41, 5.74) is -5.49. The van der Waals surface area contributed by atoms with Crippen LogP contribution in [0.4, 0.5) is 27.8 Å². The van der Waals surface area contributed by atoms with Crippen LogP contribution in [-0.4, -0.2) is 70.2 Å². The van der Waals surface area contributed by atoms with E-state index in [2.05, 4.69) is 21.5 Å². The molecule has 1 fully saturated rings. The quantitative estimate of drug-likeness (QED) is 0.227. The van der Waals surface area contributed by atoms with Gasteiger partial charge < -0.3 is 9.80 Å². The normalized spacial score (nSPS) is 17.4. The first-order valence-corrected chi connectivity index (χ1v) is 15.7. The number of carbonyl (C=O) groups excluding carboxylic acids is 1. The average Bonchev–Trinajstić information content (AvgIpc) is 2.95. The number of aryl methyl sites for hydroxylation is 1. The van der Waals surface area contributed by atoms with E-state index in [1.54, 1.807) is 18.7 Å². The van der Waals surface area contributed by atoms with Gasteiger partial charge in [0, 0.05) is 37.6 Å². The summed E-state index contributed by atoms with van der Waals surface area (Å²) in [5, 5.41) is -0.756. The minimum absolute atomic E-state index is 0.119. The van der Waals surface area contributed by atoms with Gasteiger partial charge >= 0.3 is 11.9 Å². The van der Waals surface area contributed by atoms with Crippen LogP contribution in [0.15, 0.2) is 59.0 Å². The number of alkyl halides is 3. The number of anilines is 1. The first kappa shape index (κ1) is 32.7. The van der Waals surface area contributed by atoms with Crippen LogP contribution in [0.1, 0.15) is 25.0 Å². The molecule has 242 valence electrons. The molecule has 4 aromatic rings. The highest BCUT2D eigenvalue weighted by Gasteiger charge is 2.38. The van der Waals surface area contributed by atoms with Gasteiger partial charge in [0.1, 0.15) is 17.3 Å². The molecule has 0 aliphatic carbocycles. The number of hydrogen-bond donors (Lipinski definition) is 0. The molecular weight excluding hydrogens is 635 g/mol. The maximum Gasteiger partial charge on any atom is 0.417 e. The van der Waals surface area contributed by atoms with E-state index in [1.807, 2.05) is 0 Å². The first-order chi connectivity index (χ1) is 21.4. The molecule has 3 aromatic heterocycles. The first-order valence-electron chi connectivity index (χ1n) is 13.8. The van der Waals surface area contributed by atoms with Crippen molar-refractivity contribution in [3.8, 4) is 16.9 Å². The summed E-state index contributed by atoms with van der Waals surface area (Å²) < 4.78 is 99.4. The van der Waals surface area contributed by atoms with Gasteiger partial charge in [-0.15, -0.1) is 0 Å². The van der Waals surface area contributed by atoms with Crippen LogP contribution in [0.3, 0.4) is 0 Å². The van der Waals surface area contributed by atoms with Crippen LogP contribution in [0.25, 0.3) is 28.0 Å². The second-order valence-corrected chi connectivity index (χ2v) is 12.9. The van der Waals surface area contributed by atoms with E-state index in [-0.39, 0.29) is 41.5 Å². The Balaban J connectivity index is 1.91. The molecule has 16 heteroatoms. The highest BCUT2D eigenvalue weighted by Crippen LogP contribution is 2.40. The van der Waals surface area contributed by atoms with Crippen LogP contribution in [0.2, 0.25) is 0 Å². The summed E-state index contributed by atoms with van der Waals surface area (Å²) in [5.74, 6) is -3.24. The standard InChI is InChI=1S/C30H27F5N6O4S/c1-6-22(42)39-13-16(3)40(17(4)14-39)27-18-12-21(32)24(23-19(30(33,34)35)8-7-9-20(23)31)37-26(18)41(29(43)38-27)25-15(2)10-11-36-28(25)46(5,44)45/h6-12,16-17H,1,13-14H2,2-5H3/t16-,17-/m0/s1. The van der Waals surface area contributed by atoms with Crippen molar-refractivity contribution in [2.45, 2.75) is 44.1 Å². The molecule has 1 saturated heterocycles. The second kappa shape index (κ2) is 11.6. The Morgan fingerprint density at radius 1 is 1.07 bits per heavy atom. The molecule has 2 atom stereocenters. The van der Waals surface area contributed by atoms with Crippen LogP contribution >= 0.6 is 0 Å². The number of aromatic nitrogens is 4. The van der Waals surface area contributed by atoms with E-state index >= 15 is 8.78 Å². The third-order valence-electron chi connectivity index (χ3n) is 7.67. The molecule has 0 N–H and O–H groups in total. The zero-order chi connectivity index (χ0) is 33.9. The third-order valence-corrected chi connectivity index (χ3v) is 8.68. The van der Waals surface area contributed by atoms with Gasteiger partial charge in [-0.2, -0.15) is 18.2 Å². The lowest BCUT2D eigenvalue weighted by Gasteiger charge is -2.45. The summed E-state index contributed by atoms with van der Waals surface area (Å²) >= 11 is 0. The van der Waals surface area contributed by atoms with Crippen LogP contribution in [0, 0.1) is 18.6 Å². The maximum absolute atomic E-state index is 16.0. The predicted molar refractivity (Wildman–Crippen MR) is 159 cm³/mol. The number of piperazine rings is 1. The second-order valence-electron chi connectivity index (χ2n) is 11.0. The fourth-order valence-corrected chi connectivity index (χ4v) is 6.65. The molecule has 0 unspecified atom stereocenters. The smallest absolute Gasteiger partial charge is 0.347 e. The molecule has 1 amide bonds. The monoisotopic (exact) mass is 662 g/mol. The van der Waals surface area contributed by atoms with E-state index in [9.17, 15) is 31.2 Å². The average molecular weight is 663 g/mol. The third kappa shape index (κ3) is 5.61. The topological polar surface area (TPSA) is 118 Å². The fourth-order valence-electron chi connectivity index (χ4n) is 5.80. The zero-order valence-electron chi connectivity index (χ0n) is 24.9. The van der Waals surface area contributed by atoms with Gasteiger partial charge in [-0.1, -0.05) is 12.6 Å². The lowest BCUT2D eigenvalue weighted by Crippen LogP contribution is -2.58. The van der Waals surface area contributed by atoms with Gasteiger partial charge in [0.05, 0.1) is 22.2 Å². The Morgan fingerprint density at radius 2 is 1.72 bits per heavy atom. The van der Waals surface area contributed by atoms with E-state index in [0.717, 1.165) is 29.0 Å². The number of rotatable bonds is 5. The van der Waals surface area contributed by atoms with Crippen LogP contribution < -0.4 is 10.6 Å². The summed E-state index contributed by atoms with van der Waals surface area (Å²) in [6.45, 7) is 8.70. The Hall–Kier alpha value is -4.73. The Morgan fingerprint density at radius 3 is 2.30 bits per heavy atom. The molecule has 46 heavy (non-hydrogen) atoms. The molecule has 0 saturated carbocycles. The van der Waals surface area contributed by atoms with E-state index < -0.39 is 72.9 Å². The van der Waals surface area contributed by atoms with Crippen molar-refractivity contribution in [3.63, 3.8) is 0 Å². The van der Waals surface area contributed by atoms with Gasteiger partial charge in [0.15, 0.2) is 26.3 Å². The molecule has 1 aliphatic heterocycles. The van der Waals surface area contributed by atoms with Crippen LogP contribution in [-0.2, 0) is 20.8 Å². The molecular formula is C30H27F5N6O4S. The van der Waals surface area contributed by atoms with E-state index in [0.29, 0.717) is 12.1 Å². The summed E-state index contributed by atoms with van der Waals surface area (Å²) in [6.07, 6.45) is -1.93. The molecule has 5 rings (SSSR count). The Kier molecular flexibility index (Phi) is 8.21. The van der Waals surface area contributed by atoms with Crippen molar-refractivity contribution in [2.75, 3.05) is 24.2 Å². The van der Waals surface area contributed by atoms with Crippen molar-refractivity contribution >= 4 is 32.6 Å². The van der Waals surface area contributed by atoms with Crippen molar-refractivity contribution < 1.29 is 35.2 Å². The summed E-state index contributed by atoms with van der Waals surface area (Å²) in [7, 11) is -4.12. The largest absolute Gasteiger partial charge is 0.417 e. The number of hydrogen-bond acceptors (Lipinski definition) is 8. The lowest BCUT2D eigenvalue weighted by atomic mass is 10.0. The van der Waals surface area contributed by atoms with E-state index in [1.165, 1.54) is 24.1 Å². The van der Waals surface area contributed by atoms with Gasteiger partial charge in [0.2, 0.25) is 5.91 Å². The number of amides is 1. The van der Waals surface area contributed by atoms with Gasteiger partial charge in [-0.05, 0) is 56.7 Å². The predicted octanol–water partition coefficient (Wildman–Crippen LogP) is 4.46. The number of benzene rings is 1. The molecule has 1 aliphatic rings. The van der Waals surface area contributed by atoms with Crippen molar-refractivity contribution in [1.29, 1.82) is 0 Å². The molecule has 1 aromatic carbocycles.